The van der Waals surface area contributed by atoms with E-state index in [0.29, 0.717) is 39.6 Å². The third-order valence-corrected chi connectivity index (χ3v) is 8.10. The minimum Gasteiger partial charge on any atom is -0.493 e. The molecule has 3 N–H and O–H groups in total. The lowest BCUT2D eigenvalue weighted by Crippen LogP contribution is -2.30. The van der Waals surface area contributed by atoms with Crippen molar-refractivity contribution in [2.75, 3.05) is 24.9 Å². The Morgan fingerprint density at radius 1 is 0.809 bits per heavy atom. The standard InChI is InChI=1S/C35H32F3N3O5S/c1-4-31(34(44)40-25-13-8-12-24(20-25)35(36,37)38)47-27-15-9-14-26(21-27)39-33(43)28(41-32(42)23-10-6-5-7-11-23)18-22-16-17-29(45-2)30(19-22)46-3/h5-21,31H,4H2,1-3H3,(H,39,43)(H,40,44)(H,41,42)/b28-18+. The fourth-order valence-electron chi connectivity index (χ4n) is 4.38. The summed E-state index contributed by atoms with van der Waals surface area (Å²) >= 11 is 1.20. The molecule has 47 heavy (non-hydrogen) atoms. The number of nitrogens with one attached hydrogen (secondary N) is 3. The summed E-state index contributed by atoms with van der Waals surface area (Å²) in [5.41, 5.74) is 0.431. The van der Waals surface area contributed by atoms with Crippen molar-refractivity contribution in [3.8, 4) is 11.5 Å². The first kappa shape index (κ1) is 34.6. The molecule has 0 saturated carbocycles. The summed E-state index contributed by atoms with van der Waals surface area (Å²) in [5.74, 6) is -0.639. The van der Waals surface area contributed by atoms with Gasteiger partial charge in [0.2, 0.25) is 5.91 Å². The van der Waals surface area contributed by atoms with Crippen molar-refractivity contribution in [1.29, 1.82) is 0 Å². The molecule has 8 nitrogen and oxygen atoms in total. The Hall–Kier alpha value is -5.23. The summed E-state index contributed by atoms with van der Waals surface area (Å²) in [7, 11) is 2.99. The zero-order valence-corrected chi connectivity index (χ0v) is 26.5. The molecule has 3 amide bonds. The molecule has 244 valence electrons. The number of hydrogen-bond acceptors (Lipinski definition) is 6. The predicted octanol–water partition coefficient (Wildman–Crippen LogP) is 7.64. The molecule has 0 aliphatic rings. The molecule has 1 atom stereocenters. The number of thioether (sulfide) groups is 1. The minimum absolute atomic E-state index is 0.0382. The van der Waals surface area contributed by atoms with Crippen molar-refractivity contribution in [1.82, 2.24) is 5.32 Å². The maximum absolute atomic E-state index is 13.6. The highest BCUT2D eigenvalue weighted by Crippen LogP contribution is 2.32. The first-order valence-electron chi connectivity index (χ1n) is 14.4. The third kappa shape index (κ3) is 9.63. The Morgan fingerprint density at radius 3 is 2.15 bits per heavy atom. The quantitative estimate of drug-likeness (QED) is 0.106. The molecule has 0 fully saturated rings. The minimum atomic E-state index is -4.54. The van der Waals surface area contributed by atoms with Crippen molar-refractivity contribution >= 4 is 46.9 Å². The van der Waals surface area contributed by atoms with E-state index in [2.05, 4.69) is 16.0 Å². The van der Waals surface area contributed by atoms with Crippen LogP contribution in [0.3, 0.4) is 0 Å². The van der Waals surface area contributed by atoms with Crippen LogP contribution >= 0.6 is 11.8 Å². The average molecular weight is 664 g/mol. The predicted molar refractivity (Wildman–Crippen MR) is 177 cm³/mol. The lowest BCUT2D eigenvalue weighted by molar-refractivity contribution is -0.137. The molecular formula is C35H32F3N3O5S. The number of hydrogen-bond donors (Lipinski definition) is 3. The SMILES string of the molecule is CCC(Sc1cccc(NC(=O)/C(=C\c2ccc(OC)c(OC)c2)NC(=O)c2ccccc2)c1)C(=O)Nc1cccc(C(F)(F)F)c1. The highest BCUT2D eigenvalue weighted by Gasteiger charge is 2.30. The highest BCUT2D eigenvalue weighted by atomic mass is 32.2. The Balaban J connectivity index is 1.53. The zero-order valence-electron chi connectivity index (χ0n) is 25.7. The van der Waals surface area contributed by atoms with E-state index in [1.165, 1.54) is 44.2 Å². The molecule has 0 saturated heterocycles. The number of benzene rings is 4. The van der Waals surface area contributed by atoms with Crippen molar-refractivity contribution in [2.24, 2.45) is 0 Å². The number of carbonyl (C=O) groups is 3. The number of ether oxygens (including phenoxy) is 2. The fourth-order valence-corrected chi connectivity index (χ4v) is 5.39. The first-order chi connectivity index (χ1) is 22.5. The molecule has 4 aromatic rings. The highest BCUT2D eigenvalue weighted by molar-refractivity contribution is 8.00. The fraction of sp³-hybridized carbons (Fsp3) is 0.171. The number of amides is 3. The van der Waals surface area contributed by atoms with Crippen LogP contribution < -0.4 is 25.4 Å². The number of rotatable bonds is 12. The first-order valence-corrected chi connectivity index (χ1v) is 15.2. The molecule has 0 aliphatic carbocycles. The Kier molecular flexibility index (Phi) is 11.7. The van der Waals surface area contributed by atoms with E-state index in [4.69, 9.17) is 9.47 Å². The van der Waals surface area contributed by atoms with Crippen molar-refractivity contribution < 1.29 is 37.0 Å². The van der Waals surface area contributed by atoms with Crippen LogP contribution in [-0.4, -0.2) is 37.2 Å². The van der Waals surface area contributed by atoms with Gasteiger partial charge in [0.1, 0.15) is 5.70 Å². The second-order valence-electron chi connectivity index (χ2n) is 10.1. The van der Waals surface area contributed by atoms with Gasteiger partial charge in [-0.3, -0.25) is 14.4 Å². The molecule has 4 aromatic carbocycles. The molecule has 0 aromatic heterocycles. The van der Waals surface area contributed by atoms with Crippen molar-refractivity contribution in [2.45, 2.75) is 29.7 Å². The molecule has 0 radical (unpaired) electrons. The van der Waals surface area contributed by atoms with Gasteiger partial charge in [-0.15, -0.1) is 11.8 Å². The maximum atomic E-state index is 13.6. The van der Waals surface area contributed by atoms with Gasteiger partial charge in [0, 0.05) is 21.8 Å². The smallest absolute Gasteiger partial charge is 0.416 e. The van der Waals surface area contributed by atoms with Crippen LogP contribution in [0.4, 0.5) is 24.5 Å². The molecular weight excluding hydrogens is 631 g/mol. The van der Waals surface area contributed by atoms with Gasteiger partial charge in [-0.25, -0.2) is 0 Å². The van der Waals surface area contributed by atoms with Crippen molar-refractivity contribution in [3.63, 3.8) is 0 Å². The molecule has 12 heteroatoms. The number of carbonyl (C=O) groups excluding carboxylic acids is 3. The average Bonchev–Trinajstić information content (AvgIpc) is 3.07. The Labute approximate surface area is 274 Å². The van der Waals surface area contributed by atoms with E-state index in [-0.39, 0.29) is 11.4 Å². The van der Waals surface area contributed by atoms with Gasteiger partial charge in [-0.1, -0.05) is 43.3 Å². The molecule has 0 aliphatic heterocycles. The second kappa shape index (κ2) is 15.9. The molecule has 0 heterocycles. The number of methoxy groups -OCH3 is 2. The molecule has 0 bridgehead atoms. The van der Waals surface area contributed by atoms with Crippen LogP contribution in [0.5, 0.6) is 11.5 Å². The van der Waals surface area contributed by atoms with Gasteiger partial charge in [-0.05, 0) is 78.7 Å². The van der Waals surface area contributed by atoms with Gasteiger partial charge in [0.05, 0.1) is 25.0 Å². The monoisotopic (exact) mass is 663 g/mol. The van der Waals surface area contributed by atoms with E-state index in [1.54, 1.807) is 79.7 Å². The lowest BCUT2D eigenvalue weighted by atomic mass is 10.1. The number of halogens is 3. The number of anilines is 2. The lowest BCUT2D eigenvalue weighted by Gasteiger charge is -2.16. The van der Waals surface area contributed by atoms with E-state index in [9.17, 15) is 27.6 Å². The van der Waals surface area contributed by atoms with Crippen LogP contribution in [0.2, 0.25) is 0 Å². The van der Waals surface area contributed by atoms with Gasteiger partial charge < -0.3 is 25.4 Å². The molecule has 1 unspecified atom stereocenters. The summed E-state index contributed by atoms with van der Waals surface area (Å²) in [6, 6.07) is 24.7. The summed E-state index contributed by atoms with van der Waals surface area (Å²) in [5, 5.41) is 7.40. The summed E-state index contributed by atoms with van der Waals surface area (Å²) in [6.07, 6.45) is -2.65. The Bertz CT molecular complexity index is 1760. The van der Waals surface area contributed by atoms with Crippen LogP contribution in [0.25, 0.3) is 6.08 Å². The zero-order chi connectivity index (χ0) is 34.0. The largest absolute Gasteiger partial charge is 0.493 e. The van der Waals surface area contributed by atoms with E-state index >= 15 is 0 Å². The van der Waals surface area contributed by atoms with Gasteiger partial charge >= 0.3 is 6.18 Å². The van der Waals surface area contributed by atoms with Gasteiger partial charge in [0.25, 0.3) is 11.8 Å². The third-order valence-electron chi connectivity index (χ3n) is 6.74. The van der Waals surface area contributed by atoms with Crippen LogP contribution in [0, 0.1) is 0 Å². The van der Waals surface area contributed by atoms with Crippen LogP contribution in [0.15, 0.2) is 108 Å². The summed E-state index contributed by atoms with van der Waals surface area (Å²) in [4.78, 5) is 40.2. The number of alkyl halides is 3. The molecule has 0 spiro atoms. The molecule has 4 rings (SSSR count). The summed E-state index contributed by atoms with van der Waals surface area (Å²) < 4.78 is 50.0. The Morgan fingerprint density at radius 2 is 1.49 bits per heavy atom. The van der Waals surface area contributed by atoms with E-state index in [0.717, 1.165) is 12.1 Å². The van der Waals surface area contributed by atoms with Gasteiger partial charge in [0.15, 0.2) is 11.5 Å². The van der Waals surface area contributed by atoms with Crippen LogP contribution in [-0.2, 0) is 15.8 Å². The second-order valence-corrected chi connectivity index (χ2v) is 11.3. The maximum Gasteiger partial charge on any atom is 0.416 e. The van der Waals surface area contributed by atoms with E-state index < -0.39 is 34.7 Å². The topological polar surface area (TPSA) is 106 Å². The van der Waals surface area contributed by atoms with Gasteiger partial charge in [-0.2, -0.15) is 13.2 Å². The van der Waals surface area contributed by atoms with Crippen molar-refractivity contribution in [3.05, 3.63) is 119 Å². The van der Waals surface area contributed by atoms with Crippen LogP contribution in [0.1, 0.15) is 34.8 Å². The summed E-state index contributed by atoms with van der Waals surface area (Å²) in [6.45, 7) is 1.79. The van der Waals surface area contributed by atoms with E-state index in [1.807, 2.05) is 0 Å². The normalized spacial score (nSPS) is 12.1.